The summed E-state index contributed by atoms with van der Waals surface area (Å²) in [6, 6.07) is 10.7. The molecule has 0 bridgehead atoms. The second kappa shape index (κ2) is 7.44. The van der Waals surface area contributed by atoms with Crippen LogP contribution in [0.15, 0.2) is 47.0 Å². The molecule has 1 aromatic carbocycles. The summed E-state index contributed by atoms with van der Waals surface area (Å²) in [7, 11) is 1.82. The normalized spacial score (nSPS) is 10.7. The lowest BCUT2D eigenvalue weighted by Crippen LogP contribution is -2.22. The van der Waals surface area contributed by atoms with Crippen molar-refractivity contribution in [3.8, 4) is 5.75 Å². The van der Waals surface area contributed by atoms with Crippen molar-refractivity contribution in [2.45, 2.75) is 20.1 Å². The molecule has 0 fully saturated rings. The molecule has 3 rings (SSSR count). The maximum absolute atomic E-state index is 12.1. The fourth-order valence-electron chi connectivity index (χ4n) is 2.34. The van der Waals surface area contributed by atoms with E-state index in [2.05, 4.69) is 10.4 Å². The van der Waals surface area contributed by atoms with Gasteiger partial charge in [0, 0.05) is 13.2 Å². The van der Waals surface area contributed by atoms with E-state index in [4.69, 9.17) is 20.8 Å². The minimum absolute atomic E-state index is 0.193. The molecule has 0 unspecified atom stereocenters. The number of halogens is 1. The van der Waals surface area contributed by atoms with E-state index in [9.17, 15) is 4.79 Å². The van der Waals surface area contributed by atoms with E-state index >= 15 is 0 Å². The van der Waals surface area contributed by atoms with Gasteiger partial charge in [0.05, 0.1) is 17.3 Å². The molecule has 0 saturated carbocycles. The molecule has 0 aliphatic rings. The van der Waals surface area contributed by atoms with Crippen LogP contribution in [0.5, 0.6) is 5.75 Å². The number of nitrogens with one attached hydrogen (secondary N) is 1. The van der Waals surface area contributed by atoms with Gasteiger partial charge in [-0.2, -0.15) is 5.10 Å². The summed E-state index contributed by atoms with van der Waals surface area (Å²) in [5.74, 6) is 1.08. The first-order valence-electron chi connectivity index (χ1n) is 7.76. The minimum atomic E-state index is -0.300. The summed E-state index contributed by atoms with van der Waals surface area (Å²) in [5.41, 5.74) is 1.72. The van der Waals surface area contributed by atoms with E-state index in [1.54, 1.807) is 22.9 Å². The van der Waals surface area contributed by atoms with Crippen LogP contribution in [0.25, 0.3) is 0 Å². The number of nitrogens with zero attached hydrogens (tertiary/aromatic N) is 2. The number of aromatic nitrogens is 2. The first-order valence-corrected chi connectivity index (χ1v) is 8.14. The summed E-state index contributed by atoms with van der Waals surface area (Å²) >= 11 is 6.13. The van der Waals surface area contributed by atoms with E-state index in [0.29, 0.717) is 23.1 Å². The summed E-state index contributed by atoms with van der Waals surface area (Å²) in [6.07, 6.45) is 1.82. The van der Waals surface area contributed by atoms with Gasteiger partial charge < -0.3 is 14.5 Å². The topological polar surface area (TPSA) is 69.3 Å². The van der Waals surface area contributed by atoms with Crippen LogP contribution < -0.4 is 10.1 Å². The third-order valence-electron chi connectivity index (χ3n) is 3.61. The molecule has 0 aliphatic heterocycles. The van der Waals surface area contributed by atoms with Gasteiger partial charge in [0.1, 0.15) is 18.1 Å². The Bertz CT molecular complexity index is 865. The number of aryl methyl sites for hydroxylation is 2. The van der Waals surface area contributed by atoms with Crippen molar-refractivity contribution in [3.05, 3.63) is 70.4 Å². The van der Waals surface area contributed by atoms with Crippen LogP contribution in [0, 0.1) is 6.92 Å². The smallest absolute Gasteiger partial charge is 0.287 e. The molecule has 6 nitrogen and oxygen atoms in total. The summed E-state index contributed by atoms with van der Waals surface area (Å²) in [6.45, 7) is 2.45. The molecule has 0 radical (unpaired) electrons. The molecular weight excluding hydrogens is 342 g/mol. The second-order valence-corrected chi connectivity index (χ2v) is 6.01. The molecule has 2 aromatic heterocycles. The lowest BCUT2D eigenvalue weighted by atomic mass is 10.2. The molecule has 3 aromatic rings. The highest BCUT2D eigenvalue weighted by atomic mass is 35.5. The van der Waals surface area contributed by atoms with Gasteiger partial charge in [0.15, 0.2) is 5.76 Å². The number of amides is 1. The lowest BCUT2D eigenvalue weighted by Gasteiger charge is -2.09. The number of carbonyl (C=O) groups excluding carboxylic acids is 1. The number of furan rings is 1. The molecule has 0 spiro atoms. The van der Waals surface area contributed by atoms with Crippen LogP contribution in [-0.2, 0) is 20.2 Å². The van der Waals surface area contributed by atoms with Crippen molar-refractivity contribution in [1.29, 1.82) is 0 Å². The molecule has 0 aliphatic carbocycles. The predicted octanol–water partition coefficient (Wildman–Crippen LogP) is 3.48. The third-order valence-corrected chi connectivity index (χ3v) is 3.90. The van der Waals surface area contributed by atoms with Crippen LogP contribution >= 0.6 is 11.6 Å². The van der Waals surface area contributed by atoms with Gasteiger partial charge in [0.2, 0.25) is 0 Å². The molecule has 1 amide bonds. The van der Waals surface area contributed by atoms with E-state index in [1.165, 1.54) is 0 Å². The maximum atomic E-state index is 12.1. The maximum Gasteiger partial charge on any atom is 0.287 e. The van der Waals surface area contributed by atoms with Crippen LogP contribution in [0.4, 0.5) is 0 Å². The van der Waals surface area contributed by atoms with Gasteiger partial charge in [-0.3, -0.25) is 9.48 Å². The van der Waals surface area contributed by atoms with Gasteiger partial charge in [-0.05, 0) is 36.8 Å². The van der Waals surface area contributed by atoms with E-state index in [1.807, 2.05) is 38.4 Å². The van der Waals surface area contributed by atoms with Gasteiger partial charge in [-0.1, -0.05) is 23.7 Å². The fourth-order valence-corrected chi connectivity index (χ4v) is 2.61. The Hall–Kier alpha value is -2.73. The highest BCUT2D eigenvalue weighted by Crippen LogP contribution is 2.28. The molecule has 7 heteroatoms. The first-order chi connectivity index (χ1) is 12.0. The fraction of sp³-hybridized carbons (Fsp3) is 0.222. The highest BCUT2D eigenvalue weighted by molar-refractivity contribution is 6.32. The van der Waals surface area contributed by atoms with Crippen LogP contribution in [0.3, 0.4) is 0 Å². The van der Waals surface area contributed by atoms with Crippen LogP contribution in [0.1, 0.15) is 27.6 Å². The molecule has 0 saturated heterocycles. The molecule has 0 atom stereocenters. The zero-order valence-electron chi connectivity index (χ0n) is 14.0. The molecule has 1 N–H and O–H groups in total. The number of ether oxygens (including phenoxy) is 1. The Kier molecular flexibility index (Phi) is 5.09. The number of rotatable bonds is 6. The number of hydrogen-bond acceptors (Lipinski definition) is 4. The Morgan fingerprint density at radius 2 is 2.16 bits per heavy atom. The van der Waals surface area contributed by atoms with Crippen LogP contribution in [0.2, 0.25) is 5.02 Å². The minimum Gasteiger partial charge on any atom is -0.484 e. The zero-order chi connectivity index (χ0) is 17.8. The Morgan fingerprint density at radius 3 is 2.88 bits per heavy atom. The van der Waals surface area contributed by atoms with E-state index in [-0.39, 0.29) is 18.3 Å². The zero-order valence-corrected chi connectivity index (χ0v) is 14.7. The molecule has 25 heavy (non-hydrogen) atoms. The van der Waals surface area contributed by atoms with E-state index in [0.717, 1.165) is 11.3 Å². The van der Waals surface area contributed by atoms with Gasteiger partial charge in [-0.25, -0.2) is 0 Å². The van der Waals surface area contributed by atoms with Gasteiger partial charge in [0.25, 0.3) is 5.91 Å². The highest BCUT2D eigenvalue weighted by Gasteiger charge is 2.13. The largest absolute Gasteiger partial charge is 0.484 e. The first kappa shape index (κ1) is 17.1. The number of para-hydroxylation sites is 1. The summed E-state index contributed by atoms with van der Waals surface area (Å²) < 4.78 is 12.9. The SMILES string of the molecule is Cc1cccc(Cl)c1OCc1ccc(C(=O)NCc2ccn(C)n2)o1. The summed E-state index contributed by atoms with van der Waals surface area (Å²) in [5, 5.41) is 7.50. The predicted molar refractivity (Wildman–Crippen MR) is 93.6 cm³/mol. The molecule has 130 valence electrons. The van der Waals surface area contributed by atoms with Crippen molar-refractivity contribution in [1.82, 2.24) is 15.1 Å². The Labute approximate surface area is 150 Å². The molecular formula is C18H18ClN3O3. The standard InChI is InChI=1S/C18H18ClN3O3/c1-12-4-3-5-15(19)17(12)24-11-14-6-7-16(25-14)18(23)20-10-13-8-9-22(2)21-13/h3-9H,10-11H2,1-2H3,(H,20,23). The monoisotopic (exact) mass is 359 g/mol. The summed E-state index contributed by atoms with van der Waals surface area (Å²) in [4.78, 5) is 12.1. The van der Waals surface area contributed by atoms with Gasteiger partial charge in [-0.15, -0.1) is 0 Å². The van der Waals surface area contributed by atoms with Crippen molar-refractivity contribution in [2.75, 3.05) is 0 Å². The quantitative estimate of drug-likeness (QED) is 0.731. The lowest BCUT2D eigenvalue weighted by molar-refractivity contribution is 0.0918. The van der Waals surface area contributed by atoms with E-state index < -0.39 is 0 Å². The van der Waals surface area contributed by atoms with Crippen molar-refractivity contribution in [2.24, 2.45) is 7.05 Å². The Morgan fingerprint density at radius 1 is 1.32 bits per heavy atom. The number of carbonyl (C=O) groups is 1. The van der Waals surface area contributed by atoms with Crippen molar-refractivity contribution >= 4 is 17.5 Å². The number of benzene rings is 1. The second-order valence-electron chi connectivity index (χ2n) is 5.60. The van der Waals surface area contributed by atoms with Crippen molar-refractivity contribution < 1.29 is 13.9 Å². The van der Waals surface area contributed by atoms with Crippen molar-refractivity contribution in [3.63, 3.8) is 0 Å². The third kappa shape index (κ3) is 4.22. The average molecular weight is 360 g/mol. The molecule has 2 heterocycles. The number of hydrogen-bond donors (Lipinski definition) is 1. The average Bonchev–Trinajstić information content (AvgIpc) is 3.21. The van der Waals surface area contributed by atoms with Gasteiger partial charge >= 0.3 is 0 Å². The Balaban J connectivity index is 1.57. The van der Waals surface area contributed by atoms with Crippen LogP contribution in [-0.4, -0.2) is 15.7 Å².